The first-order chi connectivity index (χ1) is 9.10. The summed E-state index contributed by atoms with van der Waals surface area (Å²) in [6.45, 7) is 1.97. The Hall–Kier alpha value is -1.24. The Bertz CT molecular complexity index is 371. The van der Waals surface area contributed by atoms with E-state index in [2.05, 4.69) is 9.89 Å². The molecule has 0 aromatic heterocycles. The molecule has 1 heterocycles. The van der Waals surface area contributed by atoms with E-state index < -0.39 is 17.1 Å². The number of carbonyl (C=O) groups is 2. The second-order valence-electron chi connectivity index (χ2n) is 4.27. The van der Waals surface area contributed by atoms with Gasteiger partial charge in [0.2, 0.25) is 5.90 Å². The molecule has 3 atom stereocenters. The van der Waals surface area contributed by atoms with E-state index in [-0.39, 0.29) is 17.6 Å². The third kappa shape index (κ3) is 3.40. The van der Waals surface area contributed by atoms with Crippen LogP contribution in [0, 0.1) is 11.8 Å². The van der Waals surface area contributed by atoms with E-state index in [1.54, 1.807) is 0 Å². The molecule has 0 amide bonds. The molecule has 0 saturated carbocycles. The molecule has 0 radical (unpaired) electrons. The van der Waals surface area contributed by atoms with Crippen LogP contribution in [-0.4, -0.2) is 48.1 Å². The van der Waals surface area contributed by atoms with Crippen LogP contribution in [0.25, 0.3) is 0 Å². The molecule has 108 valence electrons. The molecule has 7 heteroatoms. The number of nitrogens with zero attached hydrogens (tertiary/aromatic N) is 1. The van der Waals surface area contributed by atoms with E-state index in [9.17, 15) is 9.59 Å². The number of hydrogen-bond donors (Lipinski definition) is 1. The Morgan fingerprint density at radius 2 is 2.21 bits per heavy atom. The lowest BCUT2D eigenvalue weighted by atomic mass is 9.92. The summed E-state index contributed by atoms with van der Waals surface area (Å²) in [5.74, 6) is -1.18. The summed E-state index contributed by atoms with van der Waals surface area (Å²) in [5.41, 5.74) is 0. The summed E-state index contributed by atoms with van der Waals surface area (Å²) in [5, 5.41) is 11.6. The van der Waals surface area contributed by atoms with Gasteiger partial charge in [-0.3, -0.25) is 9.59 Å². The Balaban J connectivity index is 2.88. The molecule has 1 aliphatic heterocycles. The number of methoxy groups -OCH3 is 2. The Morgan fingerprint density at radius 3 is 2.68 bits per heavy atom. The summed E-state index contributed by atoms with van der Waals surface area (Å²) in [6.07, 6.45) is 1.48. The number of ether oxygens (including phenoxy) is 2. The number of ketones is 1. The number of thioether (sulfide) groups is 1. The predicted octanol–water partition coefficient (Wildman–Crippen LogP) is 1.31. The smallest absolute Gasteiger partial charge is 0.317 e. The number of esters is 1. The Morgan fingerprint density at radius 1 is 1.53 bits per heavy atom. The SMILES string of the molecule is CCCC(C(=NO)OC)C1SCC(C(=O)OC)C1=O. The van der Waals surface area contributed by atoms with Crippen LogP contribution in [0.15, 0.2) is 5.16 Å². The number of rotatable bonds is 5. The van der Waals surface area contributed by atoms with E-state index in [1.807, 2.05) is 6.92 Å². The summed E-state index contributed by atoms with van der Waals surface area (Å²) in [7, 11) is 2.67. The normalized spacial score (nSPS) is 25.2. The lowest BCUT2D eigenvalue weighted by Gasteiger charge is -2.21. The van der Waals surface area contributed by atoms with Crippen LogP contribution in [0.4, 0.5) is 0 Å². The van der Waals surface area contributed by atoms with Gasteiger partial charge in [0.15, 0.2) is 5.78 Å². The van der Waals surface area contributed by atoms with E-state index in [0.29, 0.717) is 12.2 Å². The number of Topliss-reactive ketones (excluding diaryl/α,β-unsaturated/α-hetero) is 1. The zero-order valence-electron chi connectivity index (χ0n) is 11.3. The maximum absolute atomic E-state index is 12.2. The molecule has 0 aromatic carbocycles. The fourth-order valence-electron chi connectivity index (χ4n) is 2.19. The fraction of sp³-hybridized carbons (Fsp3) is 0.750. The minimum atomic E-state index is -0.726. The van der Waals surface area contributed by atoms with Crippen LogP contribution < -0.4 is 0 Å². The molecule has 0 bridgehead atoms. The molecule has 1 N–H and O–H groups in total. The minimum Gasteiger partial charge on any atom is -0.482 e. The lowest BCUT2D eigenvalue weighted by molar-refractivity contribution is -0.147. The maximum Gasteiger partial charge on any atom is 0.317 e. The first-order valence-corrected chi connectivity index (χ1v) is 7.14. The second kappa shape index (κ2) is 7.37. The third-order valence-corrected chi connectivity index (χ3v) is 4.59. The van der Waals surface area contributed by atoms with E-state index in [0.717, 1.165) is 6.42 Å². The van der Waals surface area contributed by atoms with Gasteiger partial charge < -0.3 is 14.7 Å². The Labute approximate surface area is 116 Å². The molecule has 6 nitrogen and oxygen atoms in total. The van der Waals surface area contributed by atoms with Gasteiger partial charge in [-0.25, -0.2) is 0 Å². The number of oxime groups is 1. The first-order valence-electron chi connectivity index (χ1n) is 6.09. The van der Waals surface area contributed by atoms with Crippen molar-refractivity contribution >= 4 is 29.4 Å². The van der Waals surface area contributed by atoms with Crippen molar-refractivity contribution in [2.75, 3.05) is 20.0 Å². The van der Waals surface area contributed by atoms with Crippen molar-refractivity contribution < 1.29 is 24.3 Å². The molecule has 1 fully saturated rings. The van der Waals surface area contributed by atoms with E-state index in [4.69, 9.17) is 9.94 Å². The quantitative estimate of drug-likeness (QED) is 0.205. The van der Waals surface area contributed by atoms with Gasteiger partial charge >= 0.3 is 5.97 Å². The van der Waals surface area contributed by atoms with Crippen molar-refractivity contribution in [1.29, 1.82) is 0 Å². The van der Waals surface area contributed by atoms with Crippen LogP contribution in [0.2, 0.25) is 0 Å². The molecule has 1 saturated heterocycles. The average molecular weight is 289 g/mol. The predicted molar refractivity (Wildman–Crippen MR) is 71.4 cm³/mol. The monoisotopic (exact) mass is 289 g/mol. The van der Waals surface area contributed by atoms with Crippen molar-refractivity contribution in [2.45, 2.75) is 25.0 Å². The molecule has 0 aliphatic carbocycles. The standard InChI is InChI=1S/C12H19NO5S/c1-4-5-7(11(13-16)17-2)10-9(14)8(6-19-10)12(15)18-3/h7-8,10,16H,4-6H2,1-3H3. The van der Waals surface area contributed by atoms with Gasteiger partial charge in [-0.1, -0.05) is 18.5 Å². The van der Waals surface area contributed by atoms with Crippen molar-refractivity contribution in [3.8, 4) is 0 Å². The lowest BCUT2D eigenvalue weighted by Crippen LogP contribution is -2.35. The fourth-order valence-corrected chi connectivity index (χ4v) is 3.70. The molecule has 19 heavy (non-hydrogen) atoms. The summed E-state index contributed by atoms with van der Waals surface area (Å²) >= 11 is 1.39. The third-order valence-electron chi connectivity index (χ3n) is 3.14. The van der Waals surface area contributed by atoms with Crippen molar-refractivity contribution in [2.24, 2.45) is 17.0 Å². The Kier molecular flexibility index (Phi) is 6.14. The van der Waals surface area contributed by atoms with Crippen molar-refractivity contribution in [3.05, 3.63) is 0 Å². The molecule has 0 aromatic rings. The molecule has 0 spiro atoms. The highest BCUT2D eigenvalue weighted by molar-refractivity contribution is 8.01. The van der Waals surface area contributed by atoms with Gasteiger partial charge in [-0.05, 0) is 6.42 Å². The van der Waals surface area contributed by atoms with Gasteiger partial charge in [-0.15, -0.1) is 11.8 Å². The molecular weight excluding hydrogens is 270 g/mol. The highest BCUT2D eigenvalue weighted by Gasteiger charge is 2.45. The number of hydrogen-bond acceptors (Lipinski definition) is 7. The maximum atomic E-state index is 12.2. The van der Waals surface area contributed by atoms with Crippen LogP contribution in [0.1, 0.15) is 19.8 Å². The zero-order chi connectivity index (χ0) is 14.4. The summed E-state index contributed by atoms with van der Waals surface area (Å²) < 4.78 is 9.64. The number of carbonyl (C=O) groups excluding carboxylic acids is 2. The van der Waals surface area contributed by atoms with E-state index in [1.165, 1.54) is 26.0 Å². The summed E-state index contributed by atoms with van der Waals surface area (Å²) in [4.78, 5) is 23.7. The molecular formula is C12H19NO5S. The average Bonchev–Trinajstić information content (AvgIpc) is 2.80. The minimum absolute atomic E-state index is 0.137. The van der Waals surface area contributed by atoms with Crippen LogP contribution >= 0.6 is 11.8 Å². The van der Waals surface area contributed by atoms with Gasteiger partial charge in [0.05, 0.1) is 25.4 Å². The van der Waals surface area contributed by atoms with E-state index >= 15 is 0 Å². The largest absolute Gasteiger partial charge is 0.482 e. The highest BCUT2D eigenvalue weighted by atomic mass is 32.2. The van der Waals surface area contributed by atoms with Gasteiger partial charge in [-0.2, -0.15) is 0 Å². The van der Waals surface area contributed by atoms with Gasteiger partial charge in [0, 0.05) is 5.75 Å². The van der Waals surface area contributed by atoms with Crippen molar-refractivity contribution in [1.82, 2.24) is 0 Å². The van der Waals surface area contributed by atoms with Crippen LogP contribution in [0.5, 0.6) is 0 Å². The molecule has 1 rings (SSSR count). The topological polar surface area (TPSA) is 85.2 Å². The molecule has 3 unspecified atom stereocenters. The van der Waals surface area contributed by atoms with Gasteiger partial charge in [0.25, 0.3) is 0 Å². The zero-order valence-corrected chi connectivity index (χ0v) is 12.1. The van der Waals surface area contributed by atoms with Crippen molar-refractivity contribution in [3.63, 3.8) is 0 Å². The molecule has 1 aliphatic rings. The van der Waals surface area contributed by atoms with Gasteiger partial charge in [0.1, 0.15) is 5.92 Å². The first kappa shape index (κ1) is 15.8. The van der Waals surface area contributed by atoms with Crippen LogP contribution in [-0.2, 0) is 19.1 Å². The van der Waals surface area contributed by atoms with Crippen LogP contribution in [0.3, 0.4) is 0 Å². The second-order valence-corrected chi connectivity index (χ2v) is 5.44. The summed E-state index contributed by atoms with van der Waals surface area (Å²) in [6, 6.07) is 0. The highest BCUT2D eigenvalue weighted by Crippen LogP contribution is 2.36.